The standard InChI is InChI=1S/C16H22ClNO/c1-11-10-15(16(19)12(2)17)13(3)18(11)9-8-14-6-4-5-7-14/h6,10,12H,4-5,7-9H2,1-3H3. The molecule has 1 heterocycles. The molecule has 1 aromatic rings. The number of hydrogen-bond acceptors (Lipinski definition) is 1. The maximum Gasteiger partial charge on any atom is 0.182 e. The van der Waals surface area contributed by atoms with E-state index in [1.165, 1.54) is 19.3 Å². The molecule has 0 amide bonds. The highest BCUT2D eigenvalue weighted by molar-refractivity contribution is 6.33. The number of alkyl halides is 1. The number of halogens is 1. The number of nitrogens with zero attached hydrogens (tertiary/aromatic N) is 1. The van der Waals surface area contributed by atoms with E-state index in [1.54, 1.807) is 12.5 Å². The van der Waals surface area contributed by atoms with Gasteiger partial charge in [0.25, 0.3) is 0 Å². The number of aromatic nitrogens is 1. The summed E-state index contributed by atoms with van der Waals surface area (Å²) in [5.41, 5.74) is 4.54. The molecule has 19 heavy (non-hydrogen) atoms. The number of ketones is 1. The van der Waals surface area contributed by atoms with Crippen molar-refractivity contribution in [3.8, 4) is 0 Å². The van der Waals surface area contributed by atoms with Crippen LogP contribution in [-0.4, -0.2) is 15.7 Å². The third-order valence-corrected chi connectivity index (χ3v) is 4.19. The van der Waals surface area contributed by atoms with Gasteiger partial charge in [0.15, 0.2) is 5.78 Å². The van der Waals surface area contributed by atoms with E-state index in [4.69, 9.17) is 11.6 Å². The minimum absolute atomic E-state index is 0.0288. The molecule has 0 saturated heterocycles. The Balaban J connectivity index is 2.14. The van der Waals surface area contributed by atoms with Gasteiger partial charge in [0.05, 0.1) is 5.38 Å². The lowest BCUT2D eigenvalue weighted by molar-refractivity contribution is 0.0991. The Morgan fingerprint density at radius 1 is 1.47 bits per heavy atom. The van der Waals surface area contributed by atoms with E-state index in [1.807, 2.05) is 13.0 Å². The first-order valence-electron chi connectivity index (χ1n) is 7.03. The second kappa shape index (κ2) is 5.96. The highest BCUT2D eigenvalue weighted by Crippen LogP contribution is 2.24. The minimum atomic E-state index is -0.452. The molecule has 1 atom stereocenters. The zero-order valence-electron chi connectivity index (χ0n) is 12.0. The number of allylic oxidation sites excluding steroid dienone is 2. The van der Waals surface area contributed by atoms with Crippen molar-refractivity contribution in [3.05, 3.63) is 34.7 Å². The SMILES string of the molecule is Cc1cc(C(=O)C(C)Cl)c(C)n1CCC1=CCCC1. The van der Waals surface area contributed by atoms with Crippen LogP contribution >= 0.6 is 11.6 Å². The van der Waals surface area contributed by atoms with Crippen molar-refractivity contribution in [3.63, 3.8) is 0 Å². The van der Waals surface area contributed by atoms with Crippen molar-refractivity contribution >= 4 is 17.4 Å². The van der Waals surface area contributed by atoms with Crippen molar-refractivity contribution in [2.75, 3.05) is 0 Å². The lowest BCUT2D eigenvalue weighted by Crippen LogP contribution is -2.12. The molecule has 2 nitrogen and oxygen atoms in total. The van der Waals surface area contributed by atoms with E-state index >= 15 is 0 Å². The molecule has 104 valence electrons. The molecule has 1 aromatic heterocycles. The third kappa shape index (κ3) is 3.11. The Bertz CT molecular complexity index is 511. The predicted octanol–water partition coefficient (Wildman–Crippen LogP) is 4.42. The molecule has 0 radical (unpaired) electrons. The average molecular weight is 280 g/mol. The first kappa shape index (κ1) is 14.4. The predicted molar refractivity (Wildman–Crippen MR) is 80.1 cm³/mol. The lowest BCUT2D eigenvalue weighted by Gasteiger charge is -2.10. The summed E-state index contributed by atoms with van der Waals surface area (Å²) >= 11 is 5.91. The molecule has 0 aromatic carbocycles. The number of Topliss-reactive ketones (excluding diaryl/α,β-unsaturated/α-hetero) is 1. The van der Waals surface area contributed by atoms with E-state index in [0.29, 0.717) is 0 Å². The van der Waals surface area contributed by atoms with Gasteiger partial charge in [-0.1, -0.05) is 11.6 Å². The molecule has 1 aliphatic carbocycles. The van der Waals surface area contributed by atoms with E-state index in [2.05, 4.69) is 17.6 Å². The molecule has 0 fully saturated rings. The van der Waals surface area contributed by atoms with Gasteiger partial charge in [-0.05, 0) is 52.5 Å². The second-order valence-electron chi connectivity index (χ2n) is 5.42. The van der Waals surface area contributed by atoms with Crippen LogP contribution in [0, 0.1) is 13.8 Å². The van der Waals surface area contributed by atoms with Crippen LogP contribution in [0.4, 0.5) is 0 Å². The fourth-order valence-electron chi connectivity index (χ4n) is 2.83. The molecular weight excluding hydrogens is 258 g/mol. The van der Waals surface area contributed by atoms with Crippen molar-refractivity contribution < 1.29 is 4.79 Å². The Hall–Kier alpha value is -1.02. The Kier molecular flexibility index (Phi) is 4.51. The van der Waals surface area contributed by atoms with Crippen LogP contribution in [0.5, 0.6) is 0 Å². The van der Waals surface area contributed by atoms with Gasteiger partial charge in [-0.2, -0.15) is 0 Å². The molecule has 0 N–H and O–H groups in total. The highest BCUT2D eigenvalue weighted by atomic mass is 35.5. The number of carbonyl (C=O) groups is 1. The quantitative estimate of drug-likeness (QED) is 0.444. The molecule has 0 spiro atoms. The summed E-state index contributed by atoms with van der Waals surface area (Å²) in [6, 6.07) is 1.97. The smallest absolute Gasteiger partial charge is 0.182 e. The summed E-state index contributed by atoms with van der Waals surface area (Å²) in [6.45, 7) is 6.78. The topological polar surface area (TPSA) is 22.0 Å². The van der Waals surface area contributed by atoms with E-state index in [-0.39, 0.29) is 5.78 Å². The van der Waals surface area contributed by atoms with Gasteiger partial charge >= 0.3 is 0 Å². The van der Waals surface area contributed by atoms with Gasteiger partial charge in [0, 0.05) is 23.5 Å². The molecule has 2 rings (SSSR count). The van der Waals surface area contributed by atoms with Gasteiger partial charge in [-0.15, -0.1) is 11.6 Å². The summed E-state index contributed by atoms with van der Waals surface area (Å²) in [4.78, 5) is 12.0. The zero-order chi connectivity index (χ0) is 14.0. The third-order valence-electron chi connectivity index (χ3n) is 3.99. The van der Waals surface area contributed by atoms with Gasteiger partial charge in [0.1, 0.15) is 0 Å². The average Bonchev–Trinajstić information content (AvgIpc) is 2.96. The summed E-state index contributed by atoms with van der Waals surface area (Å²) in [6.07, 6.45) is 7.23. The van der Waals surface area contributed by atoms with E-state index in [0.717, 1.165) is 29.9 Å². The van der Waals surface area contributed by atoms with Crippen LogP contribution < -0.4 is 0 Å². The van der Waals surface area contributed by atoms with Gasteiger partial charge in [0.2, 0.25) is 0 Å². The van der Waals surface area contributed by atoms with Crippen molar-refractivity contribution in [1.29, 1.82) is 0 Å². The number of aryl methyl sites for hydroxylation is 1. The normalized spacial score (nSPS) is 16.5. The summed E-state index contributed by atoms with van der Waals surface area (Å²) in [5, 5.41) is -0.452. The molecule has 0 bridgehead atoms. The molecule has 0 saturated carbocycles. The number of hydrogen-bond donors (Lipinski definition) is 0. The Labute approximate surface area is 120 Å². The van der Waals surface area contributed by atoms with Crippen LogP contribution in [0.2, 0.25) is 0 Å². The van der Waals surface area contributed by atoms with Crippen molar-refractivity contribution in [2.24, 2.45) is 0 Å². The monoisotopic (exact) mass is 279 g/mol. The van der Waals surface area contributed by atoms with Gasteiger partial charge in [-0.3, -0.25) is 4.79 Å². The van der Waals surface area contributed by atoms with Crippen LogP contribution in [-0.2, 0) is 6.54 Å². The van der Waals surface area contributed by atoms with Crippen molar-refractivity contribution in [1.82, 2.24) is 4.57 Å². The Morgan fingerprint density at radius 2 is 2.21 bits per heavy atom. The first-order chi connectivity index (χ1) is 9.00. The van der Waals surface area contributed by atoms with Crippen LogP contribution in [0.15, 0.2) is 17.7 Å². The minimum Gasteiger partial charge on any atom is -0.348 e. The molecular formula is C16H22ClNO. The van der Waals surface area contributed by atoms with Gasteiger partial charge < -0.3 is 4.57 Å². The number of carbonyl (C=O) groups excluding carboxylic acids is 1. The largest absolute Gasteiger partial charge is 0.348 e. The maximum absolute atomic E-state index is 12.0. The van der Waals surface area contributed by atoms with E-state index in [9.17, 15) is 4.79 Å². The van der Waals surface area contributed by atoms with Crippen molar-refractivity contribution in [2.45, 2.75) is 58.4 Å². The van der Waals surface area contributed by atoms with Gasteiger partial charge in [-0.25, -0.2) is 0 Å². The van der Waals surface area contributed by atoms with Crippen LogP contribution in [0.3, 0.4) is 0 Å². The fraction of sp³-hybridized carbons (Fsp3) is 0.562. The van der Waals surface area contributed by atoms with Crippen LogP contribution in [0.1, 0.15) is 54.4 Å². The second-order valence-corrected chi connectivity index (χ2v) is 6.08. The summed E-state index contributed by atoms with van der Waals surface area (Å²) in [7, 11) is 0. The summed E-state index contributed by atoms with van der Waals surface area (Å²) in [5.74, 6) is 0.0288. The molecule has 1 aliphatic rings. The molecule has 0 aliphatic heterocycles. The Morgan fingerprint density at radius 3 is 2.79 bits per heavy atom. The summed E-state index contributed by atoms with van der Waals surface area (Å²) < 4.78 is 2.24. The lowest BCUT2D eigenvalue weighted by atomic mass is 10.1. The molecule has 3 heteroatoms. The highest BCUT2D eigenvalue weighted by Gasteiger charge is 2.19. The molecule has 1 unspecified atom stereocenters. The maximum atomic E-state index is 12.0. The van der Waals surface area contributed by atoms with E-state index < -0.39 is 5.38 Å². The first-order valence-corrected chi connectivity index (χ1v) is 7.47. The van der Waals surface area contributed by atoms with Crippen LogP contribution in [0.25, 0.3) is 0 Å². The number of rotatable bonds is 5. The zero-order valence-corrected chi connectivity index (χ0v) is 12.8. The fourth-order valence-corrected chi connectivity index (χ4v) is 2.95.